The van der Waals surface area contributed by atoms with Gasteiger partial charge in [-0.25, -0.2) is 0 Å². The third-order valence-corrected chi connectivity index (χ3v) is 3.92. The first-order valence-corrected chi connectivity index (χ1v) is 7.54. The van der Waals surface area contributed by atoms with Gasteiger partial charge < -0.3 is 16.0 Å². The lowest BCUT2D eigenvalue weighted by molar-refractivity contribution is -0.127. The van der Waals surface area contributed by atoms with Crippen molar-refractivity contribution in [3.05, 3.63) is 29.3 Å². The first kappa shape index (κ1) is 18.7. The topological polar surface area (TPSA) is 75.4 Å². The van der Waals surface area contributed by atoms with Crippen LogP contribution in [0.4, 0.5) is 5.69 Å². The number of carbonyl (C=O) groups excluding carboxylic acids is 2. The molecule has 0 radical (unpaired) electrons. The number of nitrogens with zero attached hydrogens (tertiary/aromatic N) is 1. The lowest BCUT2D eigenvalue weighted by Crippen LogP contribution is -2.48. The van der Waals surface area contributed by atoms with Crippen molar-refractivity contribution < 1.29 is 9.59 Å². The third-order valence-electron chi connectivity index (χ3n) is 3.60. The number of anilines is 1. The van der Waals surface area contributed by atoms with Gasteiger partial charge in [-0.3, -0.25) is 9.59 Å². The number of para-hydroxylation sites is 1. The van der Waals surface area contributed by atoms with Crippen LogP contribution in [0, 0.1) is 0 Å². The molecule has 1 aliphatic heterocycles. The summed E-state index contributed by atoms with van der Waals surface area (Å²) in [5.74, 6) is -0.406. The Hall–Kier alpha value is -1.30. The van der Waals surface area contributed by atoms with Gasteiger partial charge in [-0.1, -0.05) is 37.1 Å². The van der Waals surface area contributed by atoms with E-state index in [2.05, 4.69) is 5.32 Å². The quantitative estimate of drug-likeness (QED) is 0.857. The molecule has 7 heteroatoms. The van der Waals surface area contributed by atoms with Gasteiger partial charge in [0, 0.05) is 6.54 Å². The zero-order chi connectivity index (χ0) is 15.4. The fraction of sp³-hybridized carbons (Fsp3) is 0.467. The summed E-state index contributed by atoms with van der Waals surface area (Å²) in [6.07, 6.45) is 2.01. The van der Waals surface area contributed by atoms with Gasteiger partial charge in [0.25, 0.3) is 0 Å². The number of halogens is 2. The number of hydrogen-bond donors (Lipinski definition) is 2. The predicted octanol–water partition coefficient (Wildman–Crippen LogP) is 2.11. The van der Waals surface area contributed by atoms with Gasteiger partial charge in [-0.05, 0) is 25.0 Å². The molecule has 122 valence electrons. The molecule has 22 heavy (non-hydrogen) atoms. The van der Waals surface area contributed by atoms with E-state index in [0.29, 0.717) is 30.1 Å². The minimum absolute atomic E-state index is 0. The molecular formula is C15H21Cl2N3O2. The van der Waals surface area contributed by atoms with E-state index in [9.17, 15) is 9.59 Å². The molecule has 3 N–H and O–H groups in total. The lowest BCUT2D eigenvalue weighted by atomic mass is 10.1. The van der Waals surface area contributed by atoms with Gasteiger partial charge >= 0.3 is 0 Å². The molecule has 5 nitrogen and oxygen atoms in total. The largest absolute Gasteiger partial charge is 0.343 e. The molecule has 1 saturated heterocycles. The second-order valence-corrected chi connectivity index (χ2v) is 5.59. The summed E-state index contributed by atoms with van der Waals surface area (Å²) in [7, 11) is 0. The minimum Gasteiger partial charge on any atom is -0.343 e. The summed E-state index contributed by atoms with van der Waals surface area (Å²) in [6, 6.07) is 6.11. The van der Waals surface area contributed by atoms with Crippen LogP contribution in [0.1, 0.15) is 26.2 Å². The second-order valence-electron chi connectivity index (χ2n) is 5.19. The average Bonchev–Trinajstić information content (AvgIpc) is 2.81. The maximum atomic E-state index is 12.4. The molecule has 0 bridgehead atoms. The number of carbonyl (C=O) groups is 2. The highest BCUT2D eigenvalue weighted by Gasteiger charge is 2.35. The molecule has 1 aromatic rings. The summed E-state index contributed by atoms with van der Waals surface area (Å²) < 4.78 is 0. The minimum atomic E-state index is -0.558. The summed E-state index contributed by atoms with van der Waals surface area (Å²) in [5.41, 5.74) is 6.44. The summed E-state index contributed by atoms with van der Waals surface area (Å²) in [4.78, 5) is 25.9. The number of rotatable bonds is 5. The standard InChI is InChI=1S/C15H20ClN3O2.ClH/c1-2-5-11(17)14(20)18-12-8-9-19(15(12)21)13-7-4-3-6-10(13)16;/h3-4,6-7,11-12H,2,5,8-9,17H2,1H3,(H,18,20);1H. The van der Waals surface area contributed by atoms with Crippen LogP contribution in [-0.4, -0.2) is 30.4 Å². The van der Waals surface area contributed by atoms with Crippen LogP contribution in [-0.2, 0) is 9.59 Å². The normalized spacial score (nSPS) is 18.8. The van der Waals surface area contributed by atoms with Crippen molar-refractivity contribution in [3.63, 3.8) is 0 Å². The SMILES string of the molecule is CCCC(N)C(=O)NC1CCN(c2ccccc2Cl)C1=O.Cl. The van der Waals surface area contributed by atoms with Crippen molar-refractivity contribution in [1.82, 2.24) is 5.32 Å². The molecule has 1 aromatic carbocycles. The fourth-order valence-corrected chi connectivity index (χ4v) is 2.68. The highest BCUT2D eigenvalue weighted by atomic mass is 35.5. The Labute approximate surface area is 141 Å². The maximum Gasteiger partial charge on any atom is 0.249 e. The monoisotopic (exact) mass is 345 g/mol. The average molecular weight is 346 g/mol. The number of nitrogens with one attached hydrogen (secondary N) is 1. The summed E-state index contributed by atoms with van der Waals surface area (Å²) in [6.45, 7) is 2.50. The molecule has 1 aliphatic rings. The Morgan fingerprint density at radius 3 is 2.82 bits per heavy atom. The van der Waals surface area contributed by atoms with Gasteiger partial charge in [0.1, 0.15) is 6.04 Å². The number of hydrogen-bond acceptors (Lipinski definition) is 3. The van der Waals surface area contributed by atoms with E-state index in [-0.39, 0.29) is 24.2 Å². The molecule has 1 heterocycles. The molecule has 2 unspecified atom stereocenters. The lowest BCUT2D eigenvalue weighted by Gasteiger charge is -2.19. The van der Waals surface area contributed by atoms with Crippen molar-refractivity contribution in [1.29, 1.82) is 0 Å². The molecule has 2 amide bonds. The van der Waals surface area contributed by atoms with Crippen molar-refractivity contribution in [3.8, 4) is 0 Å². The van der Waals surface area contributed by atoms with Gasteiger partial charge in [-0.15, -0.1) is 12.4 Å². The van der Waals surface area contributed by atoms with Crippen molar-refractivity contribution >= 4 is 41.5 Å². The number of amides is 2. The van der Waals surface area contributed by atoms with Gasteiger partial charge in [0.2, 0.25) is 11.8 Å². The first-order chi connectivity index (χ1) is 10.0. The molecule has 0 aliphatic carbocycles. The van der Waals surface area contributed by atoms with E-state index in [1.165, 1.54) is 0 Å². The Kier molecular flexibility index (Phi) is 7.13. The zero-order valence-corrected chi connectivity index (χ0v) is 14.0. The van der Waals surface area contributed by atoms with Gasteiger partial charge in [-0.2, -0.15) is 0 Å². The van der Waals surface area contributed by atoms with Crippen LogP contribution in [0.25, 0.3) is 0 Å². The Bertz CT molecular complexity index is 539. The first-order valence-electron chi connectivity index (χ1n) is 7.16. The Balaban J connectivity index is 0.00000242. The Morgan fingerprint density at radius 2 is 2.18 bits per heavy atom. The summed E-state index contributed by atoms with van der Waals surface area (Å²) >= 11 is 6.11. The fourth-order valence-electron chi connectivity index (χ4n) is 2.44. The van der Waals surface area contributed by atoms with E-state index in [0.717, 1.165) is 6.42 Å². The Morgan fingerprint density at radius 1 is 1.50 bits per heavy atom. The highest BCUT2D eigenvalue weighted by molar-refractivity contribution is 6.34. The van der Waals surface area contributed by atoms with E-state index in [4.69, 9.17) is 17.3 Å². The van der Waals surface area contributed by atoms with Crippen molar-refractivity contribution in [2.75, 3.05) is 11.4 Å². The summed E-state index contributed by atoms with van der Waals surface area (Å²) in [5, 5.41) is 3.26. The van der Waals surface area contributed by atoms with E-state index in [1.54, 1.807) is 17.0 Å². The molecule has 0 spiro atoms. The van der Waals surface area contributed by atoms with Crippen LogP contribution >= 0.6 is 24.0 Å². The van der Waals surface area contributed by atoms with Crippen LogP contribution < -0.4 is 16.0 Å². The smallest absolute Gasteiger partial charge is 0.249 e. The molecule has 1 fully saturated rings. The number of benzene rings is 1. The molecule has 0 aromatic heterocycles. The molecular weight excluding hydrogens is 325 g/mol. The van der Waals surface area contributed by atoms with Gasteiger partial charge in [0.15, 0.2) is 0 Å². The van der Waals surface area contributed by atoms with Crippen LogP contribution in [0.3, 0.4) is 0 Å². The molecule has 0 saturated carbocycles. The van der Waals surface area contributed by atoms with Gasteiger partial charge in [0.05, 0.1) is 16.8 Å². The van der Waals surface area contributed by atoms with Crippen LogP contribution in [0.15, 0.2) is 24.3 Å². The number of nitrogens with two attached hydrogens (primary N) is 1. The predicted molar refractivity (Wildman–Crippen MR) is 90.5 cm³/mol. The highest BCUT2D eigenvalue weighted by Crippen LogP contribution is 2.28. The van der Waals surface area contributed by atoms with Crippen LogP contribution in [0.5, 0.6) is 0 Å². The van der Waals surface area contributed by atoms with E-state index < -0.39 is 12.1 Å². The second kappa shape index (κ2) is 8.36. The van der Waals surface area contributed by atoms with Crippen LogP contribution in [0.2, 0.25) is 5.02 Å². The van der Waals surface area contributed by atoms with E-state index >= 15 is 0 Å². The third kappa shape index (κ3) is 4.12. The maximum absolute atomic E-state index is 12.4. The molecule has 2 atom stereocenters. The van der Waals surface area contributed by atoms with Crippen molar-refractivity contribution in [2.45, 2.75) is 38.3 Å². The zero-order valence-electron chi connectivity index (χ0n) is 12.4. The van der Waals surface area contributed by atoms with Crippen molar-refractivity contribution in [2.24, 2.45) is 5.73 Å². The molecule has 2 rings (SSSR count). The van der Waals surface area contributed by atoms with E-state index in [1.807, 2.05) is 19.1 Å².